The molecule has 3 rings (SSSR count). The fraction of sp³-hybridized carbons (Fsp3) is 0.350. The number of rotatable bonds is 4. The number of nitrogens with zero attached hydrogens (tertiary/aromatic N) is 3. The van der Waals surface area contributed by atoms with Gasteiger partial charge in [-0.1, -0.05) is 12.1 Å². The van der Waals surface area contributed by atoms with Crippen molar-refractivity contribution in [3.05, 3.63) is 41.8 Å². The van der Waals surface area contributed by atoms with Gasteiger partial charge in [0, 0.05) is 6.20 Å². The number of fused-ring (bicyclic) bond motifs is 1. The van der Waals surface area contributed by atoms with E-state index in [0.717, 1.165) is 0 Å². The van der Waals surface area contributed by atoms with Crippen LogP contribution in [0.3, 0.4) is 0 Å². The lowest BCUT2D eigenvalue weighted by Crippen LogP contribution is -2.26. The molecule has 0 aliphatic heterocycles. The van der Waals surface area contributed by atoms with Gasteiger partial charge in [-0.15, -0.1) is 0 Å². The summed E-state index contributed by atoms with van der Waals surface area (Å²) in [5, 5.41) is 2.83. The second-order valence-corrected chi connectivity index (χ2v) is 10.8. The second kappa shape index (κ2) is 7.88. The fourth-order valence-electron chi connectivity index (χ4n) is 2.74. The Balaban J connectivity index is 2.09. The number of carbonyl (C=O) groups is 1. The average Bonchev–Trinajstić information content (AvgIpc) is 3.04. The molecule has 1 aromatic carbocycles. The summed E-state index contributed by atoms with van der Waals surface area (Å²) in [5.41, 5.74) is -0.0846. The van der Waals surface area contributed by atoms with Gasteiger partial charge in [-0.2, -0.15) is 9.97 Å². The van der Waals surface area contributed by atoms with Gasteiger partial charge >= 0.3 is 6.09 Å². The maximum Gasteiger partial charge on any atom is 0.420 e. The van der Waals surface area contributed by atoms with Gasteiger partial charge < -0.3 is 10.1 Å². The van der Waals surface area contributed by atoms with Crippen molar-refractivity contribution in [1.29, 1.82) is 0 Å². The first-order valence-corrected chi connectivity index (χ1v) is 11.2. The predicted molar refractivity (Wildman–Crippen MR) is 116 cm³/mol. The van der Waals surface area contributed by atoms with Gasteiger partial charge in [-0.25, -0.2) is 17.8 Å². The van der Waals surface area contributed by atoms with Gasteiger partial charge in [-0.3, -0.25) is 0 Å². The molecule has 0 spiro atoms. The van der Waals surface area contributed by atoms with Gasteiger partial charge in [0.15, 0.2) is 15.5 Å². The first kappa shape index (κ1) is 22.0. The zero-order valence-corrected chi connectivity index (χ0v) is 18.9. The van der Waals surface area contributed by atoms with Gasteiger partial charge in [0.1, 0.15) is 11.4 Å². The summed E-state index contributed by atoms with van der Waals surface area (Å²) in [4.78, 5) is 21.0. The van der Waals surface area contributed by atoms with Crippen LogP contribution < -0.4 is 5.32 Å². The Hall–Kier alpha value is -2.65. The second-order valence-electron chi connectivity index (χ2n) is 7.96. The summed E-state index contributed by atoms with van der Waals surface area (Å²) in [6.07, 6.45) is 0.895. The lowest BCUT2D eigenvalue weighted by molar-refractivity contribution is 0.0543. The number of hydrogen-bond acceptors (Lipinski definition) is 7. The number of sulfone groups is 1. The van der Waals surface area contributed by atoms with Crippen LogP contribution in [0.25, 0.3) is 11.0 Å². The predicted octanol–water partition coefficient (Wildman–Crippen LogP) is 4.79. The SMILES string of the molecule is CC(C)S(=O)(=O)c1ccccc1Nc1nc(Cl)nc2c1ccn2C(=O)OC(C)(C)C. The van der Waals surface area contributed by atoms with E-state index in [9.17, 15) is 13.2 Å². The van der Waals surface area contributed by atoms with Crippen LogP contribution in [0.1, 0.15) is 34.6 Å². The average molecular weight is 451 g/mol. The maximum absolute atomic E-state index is 12.7. The molecule has 0 amide bonds. The Morgan fingerprint density at radius 1 is 1.17 bits per heavy atom. The third kappa shape index (κ3) is 4.41. The van der Waals surface area contributed by atoms with E-state index in [1.807, 2.05) is 0 Å². The van der Waals surface area contributed by atoms with Crippen molar-refractivity contribution in [2.45, 2.75) is 50.4 Å². The molecule has 0 saturated carbocycles. The van der Waals surface area contributed by atoms with Crippen LogP contribution in [0.2, 0.25) is 5.28 Å². The first-order chi connectivity index (χ1) is 13.9. The van der Waals surface area contributed by atoms with Crippen molar-refractivity contribution in [2.75, 3.05) is 5.32 Å². The minimum absolute atomic E-state index is 0.0993. The monoisotopic (exact) mass is 450 g/mol. The number of para-hydroxylation sites is 1. The molecule has 8 nitrogen and oxygen atoms in total. The minimum atomic E-state index is -3.54. The molecule has 1 N–H and O–H groups in total. The summed E-state index contributed by atoms with van der Waals surface area (Å²) in [5.74, 6) is 0.277. The van der Waals surface area contributed by atoms with Crippen molar-refractivity contribution < 1.29 is 17.9 Å². The zero-order chi connectivity index (χ0) is 22.3. The standard InChI is InChI=1S/C20H23ClN4O4S/c1-12(2)30(27,28)15-9-7-6-8-14(15)22-16-13-10-11-25(17(13)24-18(21)23-16)19(26)29-20(3,4)5/h6-12H,1-5H3,(H,22,23,24). The van der Waals surface area contributed by atoms with E-state index in [-0.39, 0.29) is 21.6 Å². The van der Waals surface area contributed by atoms with Crippen LogP contribution in [-0.4, -0.2) is 39.9 Å². The van der Waals surface area contributed by atoms with Crippen LogP contribution in [-0.2, 0) is 14.6 Å². The van der Waals surface area contributed by atoms with Crippen LogP contribution in [0.15, 0.2) is 41.4 Å². The summed E-state index contributed by atoms with van der Waals surface area (Å²) < 4.78 is 32.1. The number of hydrogen-bond donors (Lipinski definition) is 1. The molecule has 2 aromatic heterocycles. The van der Waals surface area contributed by atoms with Gasteiger partial charge in [0.2, 0.25) is 5.28 Å². The molecule has 30 heavy (non-hydrogen) atoms. The Bertz CT molecular complexity index is 1210. The number of ether oxygens (including phenoxy) is 1. The molecule has 0 aliphatic carbocycles. The summed E-state index contributed by atoms with van der Waals surface area (Å²) in [6.45, 7) is 8.52. The van der Waals surface area contributed by atoms with Gasteiger partial charge in [0.05, 0.1) is 21.2 Å². The molecule has 0 saturated heterocycles. The number of aromatic nitrogens is 3. The quantitative estimate of drug-likeness (QED) is 0.569. The van der Waals surface area contributed by atoms with E-state index in [0.29, 0.717) is 11.1 Å². The van der Waals surface area contributed by atoms with Crippen molar-refractivity contribution in [2.24, 2.45) is 0 Å². The largest absolute Gasteiger partial charge is 0.443 e. The molecule has 0 aliphatic rings. The molecular formula is C20H23ClN4O4S. The van der Waals surface area contributed by atoms with Crippen molar-refractivity contribution >= 4 is 50.1 Å². The smallest absolute Gasteiger partial charge is 0.420 e. The fourth-order valence-corrected chi connectivity index (χ4v) is 4.11. The topological polar surface area (TPSA) is 103 Å². The molecule has 0 unspecified atom stereocenters. The van der Waals surface area contributed by atoms with Gasteiger partial charge in [0.25, 0.3) is 0 Å². The Kier molecular flexibility index (Phi) is 5.79. The molecule has 0 radical (unpaired) electrons. The van der Waals surface area contributed by atoms with E-state index in [4.69, 9.17) is 16.3 Å². The molecule has 0 bridgehead atoms. The van der Waals surface area contributed by atoms with Gasteiger partial charge in [-0.05, 0) is 64.4 Å². The third-order valence-electron chi connectivity index (χ3n) is 4.17. The molecular weight excluding hydrogens is 428 g/mol. The molecule has 3 aromatic rings. The van der Waals surface area contributed by atoms with E-state index in [2.05, 4.69) is 15.3 Å². The minimum Gasteiger partial charge on any atom is -0.443 e. The highest BCUT2D eigenvalue weighted by Gasteiger charge is 2.24. The molecule has 2 heterocycles. The number of anilines is 2. The number of nitrogens with one attached hydrogen (secondary N) is 1. The first-order valence-electron chi connectivity index (χ1n) is 9.28. The number of carbonyl (C=O) groups excluding carboxylic acids is 1. The maximum atomic E-state index is 12.7. The van der Waals surface area contributed by atoms with E-state index < -0.39 is 26.8 Å². The number of benzene rings is 1. The van der Waals surface area contributed by atoms with Crippen LogP contribution in [0, 0.1) is 0 Å². The van der Waals surface area contributed by atoms with Crippen LogP contribution >= 0.6 is 11.6 Å². The summed E-state index contributed by atoms with van der Waals surface area (Å²) >= 11 is 6.09. The normalized spacial score (nSPS) is 12.4. The Morgan fingerprint density at radius 2 is 1.83 bits per heavy atom. The molecule has 0 atom stereocenters. The van der Waals surface area contributed by atoms with Crippen molar-refractivity contribution in [1.82, 2.24) is 14.5 Å². The van der Waals surface area contributed by atoms with Crippen molar-refractivity contribution in [3.8, 4) is 0 Å². The Labute approximate surface area is 180 Å². The van der Waals surface area contributed by atoms with Crippen LogP contribution in [0.5, 0.6) is 0 Å². The van der Waals surface area contributed by atoms with E-state index in [1.54, 1.807) is 58.9 Å². The third-order valence-corrected chi connectivity index (χ3v) is 6.55. The molecule has 160 valence electrons. The summed E-state index contributed by atoms with van der Waals surface area (Å²) in [6, 6.07) is 8.18. The zero-order valence-electron chi connectivity index (χ0n) is 17.3. The highest BCUT2D eigenvalue weighted by Crippen LogP contribution is 2.31. The van der Waals surface area contributed by atoms with E-state index in [1.165, 1.54) is 16.8 Å². The molecule has 0 fully saturated rings. The van der Waals surface area contributed by atoms with Crippen LogP contribution in [0.4, 0.5) is 16.3 Å². The summed E-state index contributed by atoms with van der Waals surface area (Å²) in [7, 11) is -3.54. The number of halogens is 1. The van der Waals surface area contributed by atoms with E-state index >= 15 is 0 Å². The highest BCUT2D eigenvalue weighted by atomic mass is 35.5. The molecule has 10 heteroatoms. The lowest BCUT2D eigenvalue weighted by atomic mass is 10.2. The highest BCUT2D eigenvalue weighted by molar-refractivity contribution is 7.92. The van der Waals surface area contributed by atoms with Crippen molar-refractivity contribution in [3.63, 3.8) is 0 Å². The lowest BCUT2D eigenvalue weighted by Gasteiger charge is -2.19. The Morgan fingerprint density at radius 3 is 2.47 bits per heavy atom.